The summed E-state index contributed by atoms with van der Waals surface area (Å²) in [5.41, 5.74) is 10.1. The van der Waals surface area contributed by atoms with Crippen molar-refractivity contribution >= 4 is 23.4 Å². The molecule has 178 valence electrons. The van der Waals surface area contributed by atoms with Gasteiger partial charge in [-0.1, -0.05) is 68.8 Å². The molecule has 6 rings (SSSR count). The minimum absolute atomic E-state index is 0.0278. The summed E-state index contributed by atoms with van der Waals surface area (Å²) in [5.74, 6) is -0.711. The Morgan fingerprint density at radius 1 is 1.06 bits per heavy atom. The Bertz CT molecular complexity index is 1500. The Balaban J connectivity index is 1.38. The van der Waals surface area contributed by atoms with E-state index in [1.54, 1.807) is 12.1 Å². The highest BCUT2D eigenvalue weighted by molar-refractivity contribution is 5.91. The predicted molar refractivity (Wildman–Crippen MR) is 143 cm³/mol. The van der Waals surface area contributed by atoms with Crippen molar-refractivity contribution in [1.82, 2.24) is 0 Å². The van der Waals surface area contributed by atoms with Crippen LogP contribution in [0, 0.1) is 11.3 Å². The Labute approximate surface area is 211 Å². The molecule has 2 unspecified atom stereocenters. The van der Waals surface area contributed by atoms with Gasteiger partial charge in [0.1, 0.15) is 11.6 Å². The van der Waals surface area contributed by atoms with E-state index in [4.69, 9.17) is 10.4 Å². The summed E-state index contributed by atoms with van der Waals surface area (Å²) in [6.45, 7) is 4.65. The first kappa shape index (κ1) is 22.4. The van der Waals surface area contributed by atoms with Crippen LogP contribution in [0.2, 0.25) is 0 Å². The van der Waals surface area contributed by atoms with Gasteiger partial charge in [0.2, 0.25) is 0 Å². The van der Waals surface area contributed by atoms with Crippen molar-refractivity contribution in [3.8, 4) is 17.2 Å². The van der Waals surface area contributed by atoms with Crippen LogP contribution in [0.25, 0.3) is 17.2 Å². The molecule has 0 saturated heterocycles. The molecule has 36 heavy (non-hydrogen) atoms. The molecule has 0 bridgehead atoms. The Morgan fingerprint density at radius 2 is 1.86 bits per heavy atom. The summed E-state index contributed by atoms with van der Waals surface area (Å²) in [6, 6.07) is 24.5. The second-order valence-electron chi connectivity index (χ2n) is 10.5. The summed E-state index contributed by atoms with van der Waals surface area (Å²) in [6.07, 6.45) is 8.46. The predicted octanol–water partition coefficient (Wildman–Crippen LogP) is 7.33. The van der Waals surface area contributed by atoms with Gasteiger partial charge in [-0.25, -0.2) is 4.79 Å². The van der Waals surface area contributed by atoms with E-state index in [1.807, 2.05) is 6.08 Å². The molecule has 1 heterocycles. The van der Waals surface area contributed by atoms with Gasteiger partial charge in [0, 0.05) is 28.7 Å². The highest BCUT2D eigenvalue weighted by Crippen LogP contribution is 2.55. The molecule has 1 N–H and O–H groups in total. The topological polar surface area (TPSA) is 64.3 Å². The molecule has 0 spiro atoms. The largest absolute Gasteiger partial charge is 0.477 e. The summed E-state index contributed by atoms with van der Waals surface area (Å²) in [4.78, 5) is 13.6. The number of nitrogens with zero attached hydrogens (tertiary/aromatic N) is 2. The third-order valence-corrected chi connectivity index (χ3v) is 8.27. The van der Waals surface area contributed by atoms with Crippen LogP contribution in [-0.4, -0.2) is 17.1 Å². The minimum Gasteiger partial charge on any atom is -0.477 e. The Kier molecular flexibility index (Phi) is 5.12. The number of benzene rings is 3. The number of rotatable bonds is 4. The molecule has 0 radical (unpaired) electrons. The number of hydrogen-bond donors (Lipinski definition) is 1. The number of allylic oxidation sites excluding steroid dienone is 2. The molecule has 4 nitrogen and oxygen atoms in total. The van der Waals surface area contributed by atoms with Gasteiger partial charge in [0.15, 0.2) is 0 Å². The van der Waals surface area contributed by atoms with Gasteiger partial charge in [-0.05, 0) is 76.6 Å². The smallest absolute Gasteiger partial charge is 0.346 e. The number of carboxylic acids is 1. The number of hydrogen-bond acceptors (Lipinski definition) is 3. The molecular formula is C32H28N2O2. The average molecular weight is 473 g/mol. The molecule has 3 aliphatic rings. The second kappa shape index (κ2) is 8.24. The Morgan fingerprint density at radius 3 is 2.67 bits per heavy atom. The molecule has 1 saturated carbocycles. The van der Waals surface area contributed by atoms with Crippen LogP contribution < -0.4 is 4.90 Å². The Hall–Kier alpha value is -4.10. The van der Waals surface area contributed by atoms with E-state index in [9.17, 15) is 4.79 Å². The number of carbonyl (C=O) groups is 1. The second-order valence-corrected chi connectivity index (χ2v) is 10.5. The van der Waals surface area contributed by atoms with Crippen molar-refractivity contribution in [2.24, 2.45) is 0 Å². The summed E-state index contributed by atoms with van der Waals surface area (Å²) < 4.78 is 0. The maximum atomic E-state index is 11.1. The third-order valence-electron chi connectivity index (χ3n) is 8.27. The minimum atomic E-state index is -1.21. The lowest BCUT2D eigenvalue weighted by molar-refractivity contribution is -0.132. The fraction of sp³-hybridized carbons (Fsp3) is 0.250. The van der Waals surface area contributed by atoms with Gasteiger partial charge in [-0.2, -0.15) is 5.26 Å². The van der Waals surface area contributed by atoms with Crippen LogP contribution >= 0.6 is 0 Å². The van der Waals surface area contributed by atoms with E-state index in [2.05, 4.69) is 79.4 Å². The number of nitriles is 1. The van der Waals surface area contributed by atoms with Crippen molar-refractivity contribution in [2.75, 3.05) is 4.90 Å². The van der Waals surface area contributed by atoms with Crippen LogP contribution in [-0.2, 0) is 10.2 Å². The van der Waals surface area contributed by atoms with E-state index in [0.717, 1.165) is 5.56 Å². The highest BCUT2D eigenvalue weighted by Gasteiger charge is 2.43. The first-order valence-corrected chi connectivity index (χ1v) is 12.6. The fourth-order valence-corrected chi connectivity index (χ4v) is 6.57. The van der Waals surface area contributed by atoms with E-state index in [1.165, 1.54) is 64.5 Å². The normalized spacial score (nSPS) is 21.1. The zero-order chi connectivity index (χ0) is 25.0. The monoisotopic (exact) mass is 472 g/mol. The third kappa shape index (κ3) is 3.31. The first-order valence-electron chi connectivity index (χ1n) is 12.6. The van der Waals surface area contributed by atoms with Gasteiger partial charge in [0.25, 0.3) is 0 Å². The number of fused-ring (bicyclic) bond motifs is 6. The van der Waals surface area contributed by atoms with Gasteiger partial charge < -0.3 is 10.0 Å². The van der Waals surface area contributed by atoms with E-state index in [0.29, 0.717) is 12.0 Å². The fourth-order valence-electron chi connectivity index (χ4n) is 6.57. The van der Waals surface area contributed by atoms with Crippen LogP contribution in [0.4, 0.5) is 11.4 Å². The van der Waals surface area contributed by atoms with Crippen molar-refractivity contribution in [2.45, 2.75) is 50.5 Å². The standard InChI is InChI=1S/C32H28N2O2/c1-32(2)27-11-4-3-9-23(27)24-15-14-22(18-28(24)32)34-29-12-6-10-25(29)26-17-20(13-16-30(26)34)7-5-8-21(19-33)31(35)36/h3-5,7-9,11,13-18,25,29H,6,10,12H2,1-2H3,(H,35,36). The molecular weight excluding hydrogens is 444 g/mol. The lowest BCUT2D eigenvalue weighted by atomic mass is 9.82. The van der Waals surface area contributed by atoms with Crippen molar-refractivity contribution < 1.29 is 9.90 Å². The van der Waals surface area contributed by atoms with Crippen molar-refractivity contribution in [3.05, 3.63) is 101 Å². The summed E-state index contributed by atoms with van der Waals surface area (Å²) >= 11 is 0. The van der Waals surface area contributed by atoms with E-state index in [-0.39, 0.29) is 11.0 Å². The molecule has 3 aromatic rings. The zero-order valence-corrected chi connectivity index (χ0v) is 20.5. The molecule has 1 fully saturated rings. The lowest BCUT2D eigenvalue weighted by Crippen LogP contribution is -2.27. The quantitative estimate of drug-likeness (QED) is 0.245. The zero-order valence-electron chi connectivity index (χ0n) is 20.5. The molecule has 1 aliphatic heterocycles. The molecule has 2 atom stereocenters. The van der Waals surface area contributed by atoms with Crippen LogP contribution in [0.5, 0.6) is 0 Å². The van der Waals surface area contributed by atoms with Gasteiger partial charge in [-0.3, -0.25) is 0 Å². The number of aliphatic carboxylic acids is 1. The SMILES string of the molecule is CC1(C)c2ccccc2-c2ccc(N3c4ccc(C=CC=C(C#N)C(=O)O)cc4C4CCCC43)cc21. The van der Waals surface area contributed by atoms with E-state index >= 15 is 0 Å². The number of anilines is 2. The maximum absolute atomic E-state index is 11.1. The van der Waals surface area contributed by atoms with Crippen molar-refractivity contribution in [1.29, 1.82) is 5.26 Å². The van der Waals surface area contributed by atoms with Gasteiger partial charge >= 0.3 is 5.97 Å². The van der Waals surface area contributed by atoms with Crippen LogP contribution in [0.15, 0.2) is 78.4 Å². The van der Waals surface area contributed by atoms with Crippen LogP contribution in [0.1, 0.15) is 61.3 Å². The highest BCUT2D eigenvalue weighted by atomic mass is 16.4. The summed E-state index contributed by atoms with van der Waals surface area (Å²) in [5, 5.41) is 18.0. The molecule has 0 amide bonds. The molecule has 3 aromatic carbocycles. The van der Waals surface area contributed by atoms with Crippen LogP contribution in [0.3, 0.4) is 0 Å². The van der Waals surface area contributed by atoms with E-state index < -0.39 is 5.97 Å². The van der Waals surface area contributed by atoms with Gasteiger partial charge in [0.05, 0.1) is 0 Å². The maximum Gasteiger partial charge on any atom is 0.346 e. The van der Waals surface area contributed by atoms with Crippen molar-refractivity contribution in [3.63, 3.8) is 0 Å². The summed E-state index contributed by atoms with van der Waals surface area (Å²) in [7, 11) is 0. The number of carboxylic acid groups (broad SMARTS) is 1. The average Bonchev–Trinajstić information content (AvgIpc) is 3.52. The molecule has 2 aliphatic carbocycles. The lowest BCUT2D eigenvalue weighted by Gasteiger charge is -2.29. The van der Waals surface area contributed by atoms with Gasteiger partial charge in [-0.15, -0.1) is 0 Å². The first-order chi connectivity index (χ1) is 17.4. The molecule has 0 aromatic heterocycles. The molecule has 4 heteroatoms.